The molecule has 1 heterocycles. The summed E-state index contributed by atoms with van der Waals surface area (Å²) in [6, 6.07) is 9.53. The van der Waals surface area contributed by atoms with E-state index in [1.165, 1.54) is 7.11 Å². The van der Waals surface area contributed by atoms with E-state index in [0.29, 0.717) is 6.54 Å². The maximum atomic E-state index is 11.5. The third-order valence-corrected chi connectivity index (χ3v) is 2.86. The molecule has 0 aliphatic carbocycles. The number of nitrogens with one attached hydrogen (secondary N) is 1. The van der Waals surface area contributed by atoms with Crippen LogP contribution in [0.15, 0.2) is 30.3 Å². The molecule has 4 heteroatoms. The number of carbonyl (C=O) groups is 2. The van der Waals surface area contributed by atoms with Crippen LogP contribution in [0.2, 0.25) is 0 Å². The largest absolute Gasteiger partial charge is 0.468 e. The van der Waals surface area contributed by atoms with Crippen LogP contribution < -0.4 is 5.32 Å². The Morgan fingerprint density at radius 3 is 2.69 bits per heavy atom. The van der Waals surface area contributed by atoms with Crippen LogP contribution in [-0.4, -0.2) is 25.5 Å². The van der Waals surface area contributed by atoms with Gasteiger partial charge >= 0.3 is 5.97 Å². The van der Waals surface area contributed by atoms with Gasteiger partial charge in [0.1, 0.15) is 5.92 Å². The quantitative estimate of drug-likeness (QED) is 0.588. The normalized spacial score (nSPS) is 23.9. The van der Waals surface area contributed by atoms with Crippen LogP contribution in [0.3, 0.4) is 0 Å². The molecule has 1 aliphatic rings. The summed E-state index contributed by atoms with van der Waals surface area (Å²) in [5.74, 6) is -1.56. The van der Waals surface area contributed by atoms with Crippen molar-refractivity contribution in [2.24, 2.45) is 5.92 Å². The van der Waals surface area contributed by atoms with Gasteiger partial charge in [0, 0.05) is 12.5 Å². The van der Waals surface area contributed by atoms with E-state index in [2.05, 4.69) is 10.1 Å². The van der Waals surface area contributed by atoms with Gasteiger partial charge in [-0.1, -0.05) is 30.3 Å². The van der Waals surface area contributed by atoms with Gasteiger partial charge in [-0.3, -0.25) is 9.59 Å². The molecule has 0 unspecified atom stereocenters. The van der Waals surface area contributed by atoms with Gasteiger partial charge in [-0.05, 0) is 5.56 Å². The number of benzene rings is 1. The van der Waals surface area contributed by atoms with Gasteiger partial charge in [-0.15, -0.1) is 0 Å². The van der Waals surface area contributed by atoms with Crippen molar-refractivity contribution in [3.8, 4) is 0 Å². The van der Waals surface area contributed by atoms with Gasteiger partial charge in [0.2, 0.25) is 5.91 Å². The van der Waals surface area contributed by atoms with Gasteiger partial charge in [-0.2, -0.15) is 0 Å². The van der Waals surface area contributed by atoms with Crippen molar-refractivity contribution >= 4 is 11.9 Å². The highest BCUT2D eigenvalue weighted by Gasteiger charge is 2.41. The molecule has 2 rings (SSSR count). The predicted molar refractivity (Wildman–Crippen MR) is 57.7 cm³/mol. The lowest BCUT2D eigenvalue weighted by atomic mass is 9.89. The fraction of sp³-hybridized carbons (Fsp3) is 0.333. The Labute approximate surface area is 93.6 Å². The SMILES string of the molecule is COC(=O)[C@@H]1C(=O)NC[C@H]1c1ccccc1. The van der Waals surface area contributed by atoms with Crippen molar-refractivity contribution in [3.63, 3.8) is 0 Å². The van der Waals surface area contributed by atoms with Crippen LogP contribution >= 0.6 is 0 Å². The maximum Gasteiger partial charge on any atom is 0.318 e. The summed E-state index contributed by atoms with van der Waals surface area (Å²) < 4.78 is 4.66. The monoisotopic (exact) mass is 219 g/mol. The fourth-order valence-electron chi connectivity index (χ4n) is 2.03. The molecule has 2 atom stereocenters. The molecule has 0 spiro atoms. The zero-order valence-corrected chi connectivity index (χ0v) is 8.97. The number of ether oxygens (including phenoxy) is 1. The fourth-order valence-corrected chi connectivity index (χ4v) is 2.03. The summed E-state index contributed by atoms with van der Waals surface area (Å²) in [6.07, 6.45) is 0. The smallest absolute Gasteiger partial charge is 0.318 e. The first kappa shape index (κ1) is 10.7. The van der Waals surface area contributed by atoms with E-state index in [1.54, 1.807) is 0 Å². The number of rotatable bonds is 2. The third-order valence-electron chi connectivity index (χ3n) is 2.86. The topological polar surface area (TPSA) is 55.4 Å². The molecule has 1 aromatic carbocycles. The molecule has 1 saturated heterocycles. The zero-order valence-electron chi connectivity index (χ0n) is 8.97. The summed E-state index contributed by atoms with van der Waals surface area (Å²) in [5.41, 5.74) is 0.983. The first-order chi connectivity index (χ1) is 7.74. The minimum absolute atomic E-state index is 0.124. The molecule has 0 radical (unpaired) electrons. The molecule has 1 aromatic rings. The molecular formula is C12H13NO3. The highest BCUT2D eigenvalue weighted by Crippen LogP contribution is 2.29. The number of hydrogen-bond acceptors (Lipinski definition) is 3. The first-order valence-corrected chi connectivity index (χ1v) is 5.14. The predicted octanol–water partition coefficient (Wildman–Crippen LogP) is 0.689. The summed E-state index contributed by atoms with van der Waals surface area (Å²) in [7, 11) is 1.30. The number of amides is 1. The van der Waals surface area contributed by atoms with Crippen molar-refractivity contribution in [3.05, 3.63) is 35.9 Å². The molecule has 1 fully saturated rings. The van der Waals surface area contributed by atoms with Crippen LogP contribution in [-0.2, 0) is 14.3 Å². The number of methoxy groups -OCH3 is 1. The molecule has 84 valence electrons. The van der Waals surface area contributed by atoms with E-state index in [4.69, 9.17) is 0 Å². The van der Waals surface area contributed by atoms with Gasteiger partial charge in [0.05, 0.1) is 7.11 Å². The Morgan fingerprint density at radius 2 is 2.06 bits per heavy atom. The van der Waals surface area contributed by atoms with Crippen LogP contribution in [0, 0.1) is 5.92 Å². The highest BCUT2D eigenvalue weighted by molar-refractivity contribution is 6.00. The number of carbonyl (C=O) groups excluding carboxylic acids is 2. The molecule has 0 aromatic heterocycles. The highest BCUT2D eigenvalue weighted by atomic mass is 16.5. The molecule has 0 saturated carbocycles. The lowest BCUT2D eigenvalue weighted by molar-refractivity contribution is -0.149. The van der Waals surface area contributed by atoms with Crippen molar-refractivity contribution in [2.45, 2.75) is 5.92 Å². The Morgan fingerprint density at radius 1 is 1.38 bits per heavy atom. The first-order valence-electron chi connectivity index (χ1n) is 5.14. The lowest BCUT2D eigenvalue weighted by Crippen LogP contribution is -2.28. The van der Waals surface area contributed by atoms with Crippen molar-refractivity contribution in [2.75, 3.05) is 13.7 Å². The second-order valence-corrected chi connectivity index (χ2v) is 3.76. The average Bonchev–Trinajstić information content (AvgIpc) is 2.71. The summed E-state index contributed by atoms with van der Waals surface area (Å²) in [4.78, 5) is 23.1. The van der Waals surface area contributed by atoms with E-state index >= 15 is 0 Å². The van der Waals surface area contributed by atoms with Crippen LogP contribution in [0.4, 0.5) is 0 Å². The molecule has 16 heavy (non-hydrogen) atoms. The summed E-state index contributed by atoms with van der Waals surface area (Å²) in [5, 5.41) is 2.69. The Kier molecular flexibility index (Phi) is 2.90. The second-order valence-electron chi connectivity index (χ2n) is 3.76. The van der Waals surface area contributed by atoms with Crippen molar-refractivity contribution < 1.29 is 14.3 Å². The van der Waals surface area contributed by atoms with Gasteiger partial charge in [0.15, 0.2) is 0 Å². The molecule has 4 nitrogen and oxygen atoms in total. The Bertz CT molecular complexity index is 402. The van der Waals surface area contributed by atoms with E-state index in [0.717, 1.165) is 5.56 Å². The Hall–Kier alpha value is -1.84. The standard InChI is InChI=1S/C12H13NO3/c1-16-12(15)10-9(7-13-11(10)14)8-5-3-2-4-6-8/h2-6,9-10H,7H2,1H3,(H,13,14)/t9-,10-/m0/s1. The second kappa shape index (κ2) is 4.35. The van der Waals surface area contributed by atoms with E-state index in [9.17, 15) is 9.59 Å². The van der Waals surface area contributed by atoms with Crippen molar-refractivity contribution in [1.82, 2.24) is 5.32 Å². The van der Waals surface area contributed by atoms with E-state index < -0.39 is 11.9 Å². The number of hydrogen-bond donors (Lipinski definition) is 1. The summed E-state index contributed by atoms with van der Waals surface area (Å²) >= 11 is 0. The van der Waals surface area contributed by atoms with Crippen LogP contribution in [0.25, 0.3) is 0 Å². The minimum atomic E-state index is -0.715. The Balaban J connectivity index is 2.28. The average molecular weight is 219 g/mol. The lowest BCUT2D eigenvalue weighted by Gasteiger charge is -2.14. The van der Waals surface area contributed by atoms with Crippen molar-refractivity contribution in [1.29, 1.82) is 0 Å². The maximum absolute atomic E-state index is 11.5. The van der Waals surface area contributed by atoms with E-state index in [-0.39, 0.29) is 11.8 Å². The van der Waals surface area contributed by atoms with Crippen LogP contribution in [0.1, 0.15) is 11.5 Å². The van der Waals surface area contributed by atoms with E-state index in [1.807, 2.05) is 30.3 Å². The van der Waals surface area contributed by atoms with Gasteiger partial charge < -0.3 is 10.1 Å². The zero-order chi connectivity index (χ0) is 11.5. The number of esters is 1. The molecule has 1 aliphatic heterocycles. The molecular weight excluding hydrogens is 206 g/mol. The van der Waals surface area contributed by atoms with Gasteiger partial charge in [-0.25, -0.2) is 0 Å². The molecule has 1 amide bonds. The molecule has 1 N–H and O–H groups in total. The summed E-state index contributed by atoms with van der Waals surface area (Å²) in [6.45, 7) is 0.489. The van der Waals surface area contributed by atoms with Gasteiger partial charge in [0.25, 0.3) is 0 Å². The van der Waals surface area contributed by atoms with Crippen LogP contribution in [0.5, 0.6) is 0 Å². The minimum Gasteiger partial charge on any atom is -0.468 e. The molecule has 0 bridgehead atoms. The third kappa shape index (κ3) is 1.78.